The summed E-state index contributed by atoms with van der Waals surface area (Å²) in [6, 6.07) is 3.58. The van der Waals surface area contributed by atoms with Gasteiger partial charge >= 0.3 is 0 Å². The summed E-state index contributed by atoms with van der Waals surface area (Å²) in [7, 11) is 3.15. The number of hydrogen-bond acceptors (Lipinski definition) is 6. The van der Waals surface area contributed by atoms with Gasteiger partial charge in [-0.3, -0.25) is 0 Å². The van der Waals surface area contributed by atoms with Crippen molar-refractivity contribution in [2.24, 2.45) is 0 Å². The van der Waals surface area contributed by atoms with Crippen molar-refractivity contribution in [1.29, 1.82) is 0 Å². The molecule has 0 unspecified atom stereocenters. The lowest BCUT2D eigenvalue weighted by Gasteiger charge is -2.14. The van der Waals surface area contributed by atoms with Crippen molar-refractivity contribution in [3.63, 3.8) is 0 Å². The molecule has 0 aromatic heterocycles. The summed E-state index contributed by atoms with van der Waals surface area (Å²) in [6.45, 7) is 1.17. The molecule has 0 aliphatic carbocycles. The van der Waals surface area contributed by atoms with Crippen molar-refractivity contribution < 1.29 is 24.1 Å². The fourth-order valence-corrected chi connectivity index (χ4v) is 1.73. The van der Waals surface area contributed by atoms with Crippen LogP contribution in [0.3, 0.4) is 0 Å². The molecule has 1 aromatic rings. The molecular formula is C12H17NO5. The normalized spacial score (nSPS) is 13.3. The van der Waals surface area contributed by atoms with Crippen LogP contribution in [-0.2, 0) is 16.0 Å². The van der Waals surface area contributed by atoms with E-state index in [-0.39, 0.29) is 18.8 Å². The minimum atomic E-state index is -0.304. The number of phenols is 1. The molecule has 0 bridgehead atoms. The molecule has 6 heteroatoms. The predicted octanol–water partition coefficient (Wildman–Crippen LogP) is 0.829. The Kier molecular flexibility index (Phi) is 4.24. The van der Waals surface area contributed by atoms with E-state index in [0.29, 0.717) is 24.6 Å². The van der Waals surface area contributed by atoms with Crippen LogP contribution in [0.25, 0.3) is 0 Å². The van der Waals surface area contributed by atoms with Crippen LogP contribution in [0.5, 0.6) is 17.2 Å². The Labute approximate surface area is 105 Å². The zero-order chi connectivity index (χ0) is 13.0. The van der Waals surface area contributed by atoms with E-state index in [9.17, 15) is 5.11 Å². The fourth-order valence-electron chi connectivity index (χ4n) is 1.73. The largest absolute Gasteiger partial charge is 0.504 e. The number of rotatable bonds is 6. The summed E-state index contributed by atoms with van der Waals surface area (Å²) in [6.07, 6.45) is -0.304. The maximum absolute atomic E-state index is 9.98. The molecule has 6 nitrogen and oxygen atoms in total. The van der Waals surface area contributed by atoms with Gasteiger partial charge in [-0.05, 0) is 6.07 Å². The van der Waals surface area contributed by atoms with Crippen molar-refractivity contribution in [1.82, 2.24) is 5.32 Å². The Morgan fingerprint density at radius 2 is 2.11 bits per heavy atom. The molecule has 1 aliphatic rings. The van der Waals surface area contributed by atoms with E-state index in [0.717, 1.165) is 5.56 Å². The van der Waals surface area contributed by atoms with Crippen LogP contribution >= 0.6 is 0 Å². The second-order valence-electron chi connectivity index (χ2n) is 3.84. The molecule has 0 spiro atoms. The number of fused-ring (bicyclic) bond motifs is 1. The van der Waals surface area contributed by atoms with Gasteiger partial charge in [0.2, 0.25) is 12.5 Å². The molecule has 2 rings (SSSR count). The van der Waals surface area contributed by atoms with Crippen LogP contribution in [0.4, 0.5) is 0 Å². The SMILES string of the molecule is COC(CNCc1ccc2c(c1O)OCO2)OC. The molecule has 0 fully saturated rings. The lowest BCUT2D eigenvalue weighted by molar-refractivity contribution is -0.0989. The topological polar surface area (TPSA) is 69.2 Å². The molecule has 100 valence electrons. The molecule has 1 aliphatic heterocycles. The summed E-state index contributed by atoms with van der Waals surface area (Å²) >= 11 is 0. The predicted molar refractivity (Wildman–Crippen MR) is 63.7 cm³/mol. The van der Waals surface area contributed by atoms with Gasteiger partial charge in [0.1, 0.15) is 0 Å². The van der Waals surface area contributed by atoms with Gasteiger partial charge in [-0.25, -0.2) is 0 Å². The highest BCUT2D eigenvalue weighted by Crippen LogP contribution is 2.42. The third-order valence-corrected chi connectivity index (χ3v) is 2.75. The first kappa shape index (κ1) is 12.9. The number of benzene rings is 1. The zero-order valence-electron chi connectivity index (χ0n) is 10.4. The van der Waals surface area contributed by atoms with Crippen molar-refractivity contribution >= 4 is 0 Å². The van der Waals surface area contributed by atoms with Gasteiger partial charge in [-0.2, -0.15) is 0 Å². The Hall–Kier alpha value is -1.50. The monoisotopic (exact) mass is 255 g/mol. The van der Waals surface area contributed by atoms with Gasteiger partial charge in [0.15, 0.2) is 17.8 Å². The Balaban J connectivity index is 1.94. The van der Waals surface area contributed by atoms with E-state index in [1.165, 1.54) is 0 Å². The molecular weight excluding hydrogens is 238 g/mol. The van der Waals surface area contributed by atoms with Gasteiger partial charge in [-0.15, -0.1) is 0 Å². The number of hydrogen-bond donors (Lipinski definition) is 2. The lowest BCUT2D eigenvalue weighted by Crippen LogP contribution is -2.29. The van der Waals surface area contributed by atoms with Gasteiger partial charge < -0.3 is 29.4 Å². The van der Waals surface area contributed by atoms with Gasteiger partial charge in [-0.1, -0.05) is 6.07 Å². The average molecular weight is 255 g/mol. The maximum Gasteiger partial charge on any atom is 0.231 e. The van der Waals surface area contributed by atoms with Crippen LogP contribution in [0, 0.1) is 0 Å². The quantitative estimate of drug-likeness (QED) is 0.734. The van der Waals surface area contributed by atoms with E-state index in [1.807, 2.05) is 0 Å². The summed E-state index contributed by atoms with van der Waals surface area (Å²) in [4.78, 5) is 0. The van der Waals surface area contributed by atoms with E-state index < -0.39 is 0 Å². The summed E-state index contributed by atoms with van der Waals surface area (Å²) < 4.78 is 20.5. The first-order valence-electron chi connectivity index (χ1n) is 5.63. The molecule has 0 atom stereocenters. The molecule has 18 heavy (non-hydrogen) atoms. The first-order valence-corrected chi connectivity index (χ1v) is 5.63. The number of methoxy groups -OCH3 is 2. The highest BCUT2D eigenvalue weighted by molar-refractivity contribution is 5.55. The summed E-state index contributed by atoms with van der Waals surface area (Å²) in [5.74, 6) is 1.09. The average Bonchev–Trinajstić information content (AvgIpc) is 2.86. The number of ether oxygens (including phenoxy) is 4. The Morgan fingerprint density at radius 1 is 1.33 bits per heavy atom. The first-order chi connectivity index (χ1) is 8.76. The number of phenolic OH excluding ortho intramolecular Hbond substituents is 1. The van der Waals surface area contributed by atoms with Gasteiger partial charge in [0, 0.05) is 32.9 Å². The third kappa shape index (κ3) is 2.66. The minimum absolute atomic E-state index is 0.115. The van der Waals surface area contributed by atoms with Crippen molar-refractivity contribution in [3.05, 3.63) is 17.7 Å². The van der Waals surface area contributed by atoms with E-state index in [2.05, 4.69) is 5.32 Å². The number of nitrogens with one attached hydrogen (secondary N) is 1. The summed E-state index contributed by atoms with van der Waals surface area (Å²) in [5, 5.41) is 13.1. The molecule has 1 aromatic carbocycles. The molecule has 0 radical (unpaired) electrons. The van der Waals surface area contributed by atoms with Crippen LogP contribution in [0.1, 0.15) is 5.56 Å². The molecule has 1 heterocycles. The highest BCUT2D eigenvalue weighted by Gasteiger charge is 2.20. The van der Waals surface area contributed by atoms with E-state index >= 15 is 0 Å². The smallest absolute Gasteiger partial charge is 0.231 e. The van der Waals surface area contributed by atoms with Crippen LogP contribution < -0.4 is 14.8 Å². The molecule has 0 amide bonds. The van der Waals surface area contributed by atoms with Crippen LogP contribution in [0.2, 0.25) is 0 Å². The van der Waals surface area contributed by atoms with E-state index in [4.69, 9.17) is 18.9 Å². The fraction of sp³-hybridized carbons (Fsp3) is 0.500. The third-order valence-electron chi connectivity index (χ3n) is 2.75. The molecule has 0 saturated carbocycles. The molecule has 2 N–H and O–H groups in total. The van der Waals surface area contributed by atoms with E-state index in [1.54, 1.807) is 26.4 Å². The van der Waals surface area contributed by atoms with Crippen molar-refractivity contribution in [3.8, 4) is 17.2 Å². The maximum atomic E-state index is 9.98. The van der Waals surface area contributed by atoms with Crippen molar-refractivity contribution in [2.45, 2.75) is 12.8 Å². The number of aromatic hydroxyl groups is 1. The second-order valence-corrected chi connectivity index (χ2v) is 3.84. The zero-order valence-corrected chi connectivity index (χ0v) is 10.4. The lowest BCUT2D eigenvalue weighted by atomic mass is 10.1. The standard InChI is InChI=1S/C12H17NO5/c1-15-10(16-2)6-13-5-8-3-4-9-12(11(8)14)18-7-17-9/h3-4,10,13-14H,5-7H2,1-2H3. The minimum Gasteiger partial charge on any atom is -0.504 e. The molecule has 0 saturated heterocycles. The summed E-state index contributed by atoms with van der Waals surface area (Å²) in [5.41, 5.74) is 0.741. The van der Waals surface area contributed by atoms with Gasteiger partial charge in [0.25, 0.3) is 0 Å². The van der Waals surface area contributed by atoms with Crippen LogP contribution in [-0.4, -0.2) is 39.0 Å². The highest BCUT2D eigenvalue weighted by atomic mass is 16.7. The van der Waals surface area contributed by atoms with Crippen LogP contribution in [0.15, 0.2) is 12.1 Å². The Bertz CT molecular complexity index is 406. The second kappa shape index (κ2) is 5.90. The van der Waals surface area contributed by atoms with Gasteiger partial charge in [0.05, 0.1) is 0 Å². The Morgan fingerprint density at radius 3 is 2.83 bits per heavy atom. The van der Waals surface area contributed by atoms with Crippen molar-refractivity contribution in [2.75, 3.05) is 27.6 Å².